The van der Waals surface area contributed by atoms with Crippen molar-refractivity contribution in [3.05, 3.63) is 40.9 Å². The number of aromatic amines is 1. The summed E-state index contributed by atoms with van der Waals surface area (Å²) in [6, 6.07) is 6.63. The van der Waals surface area contributed by atoms with Crippen LogP contribution in [0, 0.1) is 12.3 Å². The molecule has 1 aromatic carbocycles. The number of H-pyrrole nitrogens is 1. The minimum atomic E-state index is -3.63. The van der Waals surface area contributed by atoms with Crippen molar-refractivity contribution in [3.63, 3.8) is 0 Å². The van der Waals surface area contributed by atoms with Crippen molar-refractivity contribution in [2.75, 3.05) is 13.1 Å². The van der Waals surface area contributed by atoms with Crippen LogP contribution in [0.4, 0.5) is 0 Å². The third-order valence-electron chi connectivity index (χ3n) is 5.60. The molecule has 1 spiro atoms. The lowest BCUT2D eigenvalue weighted by molar-refractivity contribution is 0.277. The molecule has 8 heteroatoms. The van der Waals surface area contributed by atoms with Crippen LogP contribution >= 0.6 is 11.6 Å². The number of hydrogen-bond acceptors (Lipinski definition) is 4. The molecule has 1 atom stereocenters. The smallest absolute Gasteiger partial charge is 0.244 e. The van der Waals surface area contributed by atoms with Crippen LogP contribution in [0.5, 0.6) is 0 Å². The number of hydrogen-bond donors (Lipinski definition) is 1. The highest BCUT2D eigenvalue weighted by Gasteiger charge is 2.53. The van der Waals surface area contributed by atoms with Crippen LogP contribution in [0.25, 0.3) is 0 Å². The Morgan fingerprint density at radius 2 is 2.00 bits per heavy atom. The van der Waals surface area contributed by atoms with Gasteiger partial charge in [0.2, 0.25) is 10.0 Å². The first kappa shape index (κ1) is 17.0. The number of aryl methyl sites for hydroxylation is 1. The molecule has 2 fully saturated rings. The summed E-state index contributed by atoms with van der Waals surface area (Å²) in [6.45, 7) is 2.79. The van der Waals surface area contributed by atoms with Gasteiger partial charge in [0, 0.05) is 19.0 Å². The summed E-state index contributed by atoms with van der Waals surface area (Å²) in [5.41, 5.74) is -0.0665. The van der Waals surface area contributed by atoms with Crippen LogP contribution < -0.4 is 0 Å². The van der Waals surface area contributed by atoms with E-state index in [1.165, 1.54) is 0 Å². The predicted octanol–water partition coefficient (Wildman–Crippen LogP) is 3.12. The maximum absolute atomic E-state index is 13.2. The van der Waals surface area contributed by atoms with Crippen molar-refractivity contribution in [2.45, 2.75) is 43.4 Å². The molecule has 0 radical (unpaired) electrons. The predicted molar refractivity (Wildman–Crippen MR) is 95.0 cm³/mol. The Morgan fingerprint density at radius 3 is 2.64 bits per heavy atom. The van der Waals surface area contributed by atoms with Crippen molar-refractivity contribution < 1.29 is 8.42 Å². The molecular formula is C17H21ClN4O2S. The van der Waals surface area contributed by atoms with Crippen molar-refractivity contribution >= 4 is 21.6 Å². The van der Waals surface area contributed by atoms with Crippen molar-refractivity contribution in [1.29, 1.82) is 0 Å². The summed E-state index contributed by atoms with van der Waals surface area (Å²) < 4.78 is 27.9. The van der Waals surface area contributed by atoms with Crippen LogP contribution in [0.2, 0.25) is 5.02 Å². The third kappa shape index (κ3) is 2.78. The number of nitrogens with one attached hydrogen (secondary N) is 1. The molecule has 2 aliphatic rings. The van der Waals surface area contributed by atoms with E-state index in [0.717, 1.165) is 37.3 Å². The highest BCUT2D eigenvalue weighted by atomic mass is 35.5. The van der Waals surface area contributed by atoms with E-state index in [4.69, 9.17) is 11.6 Å². The summed E-state index contributed by atoms with van der Waals surface area (Å²) in [5.74, 6) is 1.52. The minimum absolute atomic E-state index is 0.0252. The van der Waals surface area contributed by atoms with E-state index >= 15 is 0 Å². The Morgan fingerprint density at radius 1 is 1.28 bits per heavy atom. The van der Waals surface area contributed by atoms with Crippen LogP contribution in [-0.4, -0.2) is 41.0 Å². The summed E-state index contributed by atoms with van der Waals surface area (Å²) in [6.07, 6.45) is 4.28. The van der Waals surface area contributed by atoms with Crippen molar-refractivity contribution in [2.24, 2.45) is 5.41 Å². The number of benzene rings is 1. The van der Waals surface area contributed by atoms with E-state index in [9.17, 15) is 8.42 Å². The van der Waals surface area contributed by atoms with Gasteiger partial charge in [-0.1, -0.05) is 36.6 Å². The summed E-state index contributed by atoms with van der Waals surface area (Å²) in [4.78, 5) is 4.68. The monoisotopic (exact) mass is 380 g/mol. The molecule has 1 saturated heterocycles. The first-order valence-corrected chi connectivity index (χ1v) is 10.4. The second kappa shape index (κ2) is 6.07. The molecule has 1 saturated carbocycles. The molecule has 1 aliphatic heterocycles. The fraction of sp³-hybridized carbons (Fsp3) is 0.529. The molecule has 1 N–H and O–H groups in total. The minimum Gasteiger partial charge on any atom is -0.263 e. The van der Waals surface area contributed by atoms with Gasteiger partial charge in [0.1, 0.15) is 10.7 Å². The Kier molecular flexibility index (Phi) is 4.13. The second-order valence-corrected chi connectivity index (χ2v) is 9.44. The van der Waals surface area contributed by atoms with Crippen LogP contribution in [0.1, 0.15) is 43.3 Å². The second-order valence-electron chi connectivity index (χ2n) is 7.13. The van der Waals surface area contributed by atoms with Crippen LogP contribution in [0.15, 0.2) is 29.2 Å². The molecule has 0 amide bonds. The molecule has 1 unspecified atom stereocenters. The lowest BCUT2D eigenvalue weighted by Crippen LogP contribution is -2.31. The lowest BCUT2D eigenvalue weighted by atomic mass is 9.76. The summed E-state index contributed by atoms with van der Waals surface area (Å²) in [5, 5.41) is 7.50. The fourth-order valence-corrected chi connectivity index (χ4v) is 6.40. The molecule has 134 valence electrons. The Labute approximate surface area is 152 Å². The standard InChI is InChI=1S/C17H21ClN4O2S/c1-12-19-16(21-20-12)13-10-22(11-17(13)8-4-5-9-17)25(23,24)15-7-3-2-6-14(15)18/h2-3,6-7,13H,4-5,8-11H2,1H3,(H,19,20,21). The number of aromatic nitrogens is 3. The van der Waals surface area contributed by atoms with Gasteiger partial charge in [-0.15, -0.1) is 0 Å². The lowest BCUT2D eigenvalue weighted by Gasteiger charge is -2.28. The quantitative estimate of drug-likeness (QED) is 0.887. The zero-order valence-corrected chi connectivity index (χ0v) is 15.6. The topological polar surface area (TPSA) is 79.0 Å². The third-order valence-corrected chi connectivity index (χ3v) is 7.91. The molecule has 1 aromatic heterocycles. The van der Waals surface area contributed by atoms with E-state index in [0.29, 0.717) is 13.1 Å². The fourth-order valence-electron chi connectivity index (χ4n) is 4.36. The average Bonchev–Trinajstić information content (AvgIpc) is 3.29. The normalized spacial score (nSPS) is 23.5. The van der Waals surface area contributed by atoms with Gasteiger partial charge in [0.25, 0.3) is 0 Å². The van der Waals surface area contributed by atoms with Gasteiger partial charge in [-0.3, -0.25) is 5.10 Å². The van der Waals surface area contributed by atoms with Gasteiger partial charge < -0.3 is 0 Å². The first-order valence-electron chi connectivity index (χ1n) is 8.56. The van der Waals surface area contributed by atoms with Gasteiger partial charge >= 0.3 is 0 Å². The van der Waals surface area contributed by atoms with Gasteiger partial charge in [-0.2, -0.15) is 9.40 Å². The Balaban J connectivity index is 1.72. The molecule has 2 heterocycles. The van der Waals surface area contributed by atoms with Crippen LogP contribution in [-0.2, 0) is 10.0 Å². The van der Waals surface area contributed by atoms with Gasteiger partial charge in [-0.05, 0) is 37.3 Å². The average molecular weight is 381 g/mol. The molecular weight excluding hydrogens is 360 g/mol. The highest BCUT2D eigenvalue weighted by Crippen LogP contribution is 2.53. The largest absolute Gasteiger partial charge is 0.263 e. The molecule has 2 aromatic rings. The zero-order valence-electron chi connectivity index (χ0n) is 14.1. The Bertz CT molecular complexity index is 890. The van der Waals surface area contributed by atoms with E-state index < -0.39 is 10.0 Å². The van der Waals surface area contributed by atoms with Crippen molar-refractivity contribution in [3.8, 4) is 0 Å². The maximum Gasteiger partial charge on any atom is 0.244 e. The van der Waals surface area contributed by atoms with E-state index in [-0.39, 0.29) is 21.3 Å². The van der Waals surface area contributed by atoms with E-state index in [2.05, 4.69) is 15.2 Å². The SMILES string of the molecule is Cc1nc(C2CN(S(=O)(=O)c3ccccc3Cl)CC23CCCC3)n[nH]1. The van der Waals surface area contributed by atoms with Gasteiger partial charge in [0.05, 0.1) is 5.02 Å². The number of nitrogens with zero attached hydrogens (tertiary/aromatic N) is 3. The van der Waals surface area contributed by atoms with Crippen molar-refractivity contribution in [1.82, 2.24) is 19.5 Å². The van der Waals surface area contributed by atoms with Gasteiger partial charge in [0.15, 0.2) is 5.82 Å². The maximum atomic E-state index is 13.2. The highest BCUT2D eigenvalue weighted by molar-refractivity contribution is 7.89. The van der Waals surface area contributed by atoms with E-state index in [1.54, 1.807) is 28.6 Å². The van der Waals surface area contributed by atoms with E-state index in [1.807, 2.05) is 6.92 Å². The molecule has 0 bridgehead atoms. The molecule has 1 aliphatic carbocycles. The summed E-state index contributed by atoms with van der Waals surface area (Å²) in [7, 11) is -3.63. The first-order chi connectivity index (χ1) is 11.9. The number of halogens is 1. The molecule has 4 rings (SSSR count). The zero-order chi connectivity index (χ0) is 17.7. The molecule has 6 nitrogen and oxygen atoms in total. The Hall–Kier alpha value is -1.44. The summed E-state index contributed by atoms with van der Waals surface area (Å²) >= 11 is 6.16. The van der Waals surface area contributed by atoms with Crippen LogP contribution in [0.3, 0.4) is 0 Å². The van der Waals surface area contributed by atoms with Gasteiger partial charge in [-0.25, -0.2) is 13.4 Å². The number of rotatable bonds is 3. The number of sulfonamides is 1. The molecule has 25 heavy (non-hydrogen) atoms.